The molecule has 1 aromatic heterocycles. The summed E-state index contributed by atoms with van der Waals surface area (Å²) in [5, 5.41) is 4.04. The van der Waals surface area contributed by atoms with E-state index in [1.54, 1.807) is 35.9 Å². The lowest BCUT2D eigenvalue weighted by molar-refractivity contribution is 0.415. The van der Waals surface area contributed by atoms with E-state index in [1.807, 2.05) is 6.92 Å². The Morgan fingerprint density at radius 2 is 1.43 bits per heavy atom. The van der Waals surface area contributed by atoms with Gasteiger partial charge in [-0.2, -0.15) is 5.10 Å². The molecular weight excluding hydrogens is 428 g/mol. The number of anilines is 2. The minimum absolute atomic E-state index is 0.00347. The molecule has 30 heavy (non-hydrogen) atoms. The van der Waals surface area contributed by atoms with Crippen molar-refractivity contribution in [2.24, 2.45) is 0 Å². The van der Waals surface area contributed by atoms with E-state index < -0.39 is 20.0 Å². The van der Waals surface area contributed by atoms with Crippen molar-refractivity contribution in [1.29, 1.82) is 0 Å². The van der Waals surface area contributed by atoms with Crippen LogP contribution >= 0.6 is 0 Å². The van der Waals surface area contributed by atoms with Crippen LogP contribution in [0.25, 0.3) is 0 Å². The molecule has 0 saturated carbocycles. The van der Waals surface area contributed by atoms with Crippen LogP contribution in [0.3, 0.4) is 0 Å². The number of methoxy groups -OCH3 is 1. The summed E-state index contributed by atoms with van der Waals surface area (Å²) in [7, 11) is -6.16. The van der Waals surface area contributed by atoms with Gasteiger partial charge in [-0.05, 0) is 62.4 Å². The number of ether oxygens (including phenoxy) is 1. The monoisotopic (exact) mass is 450 g/mol. The zero-order valence-corrected chi connectivity index (χ0v) is 18.3. The molecule has 0 saturated heterocycles. The van der Waals surface area contributed by atoms with Gasteiger partial charge in [0, 0.05) is 17.9 Å². The third-order valence-corrected chi connectivity index (χ3v) is 7.29. The van der Waals surface area contributed by atoms with Gasteiger partial charge in [-0.1, -0.05) is 0 Å². The summed E-state index contributed by atoms with van der Waals surface area (Å²) >= 11 is 0. The highest BCUT2D eigenvalue weighted by atomic mass is 32.2. The number of hydrogen-bond donors (Lipinski definition) is 2. The highest BCUT2D eigenvalue weighted by Crippen LogP contribution is 2.23. The van der Waals surface area contributed by atoms with Crippen LogP contribution in [-0.4, -0.2) is 33.7 Å². The van der Waals surface area contributed by atoms with E-state index in [1.165, 1.54) is 37.6 Å². The fraction of sp³-hybridized carbons (Fsp3) is 0.211. The molecule has 160 valence electrons. The zero-order valence-electron chi connectivity index (χ0n) is 16.7. The number of rotatable bonds is 8. The molecule has 2 N–H and O–H groups in total. The van der Waals surface area contributed by atoms with Gasteiger partial charge in [0.1, 0.15) is 10.6 Å². The van der Waals surface area contributed by atoms with Crippen molar-refractivity contribution in [3.63, 3.8) is 0 Å². The highest BCUT2D eigenvalue weighted by Gasteiger charge is 2.21. The molecule has 0 unspecified atom stereocenters. The van der Waals surface area contributed by atoms with Gasteiger partial charge >= 0.3 is 0 Å². The van der Waals surface area contributed by atoms with E-state index in [0.29, 0.717) is 23.7 Å². The fourth-order valence-electron chi connectivity index (χ4n) is 2.80. The molecule has 11 heteroatoms. The van der Waals surface area contributed by atoms with Crippen LogP contribution in [0.15, 0.2) is 64.5 Å². The Balaban J connectivity index is 1.77. The SMILES string of the molecule is CCn1ncc(S(=O)(=O)Nc2ccc(S(=O)(=O)Nc3ccc(OC)cc3)cc2)c1C. The first-order valence-corrected chi connectivity index (χ1v) is 11.9. The minimum atomic E-state index is -3.85. The van der Waals surface area contributed by atoms with E-state index >= 15 is 0 Å². The van der Waals surface area contributed by atoms with Crippen LogP contribution < -0.4 is 14.2 Å². The molecule has 2 aromatic carbocycles. The van der Waals surface area contributed by atoms with E-state index in [4.69, 9.17) is 4.74 Å². The average molecular weight is 451 g/mol. The molecular formula is C19H22N4O5S2. The first kappa shape index (κ1) is 21.7. The Morgan fingerprint density at radius 3 is 1.93 bits per heavy atom. The Morgan fingerprint density at radius 1 is 0.900 bits per heavy atom. The van der Waals surface area contributed by atoms with Crippen molar-refractivity contribution in [1.82, 2.24) is 9.78 Å². The van der Waals surface area contributed by atoms with Crippen LogP contribution in [0.4, 0.5) is 11.4 Å². The maximum absolute atomic E-state index is 12.6. The summed E-state index contributed by atoms with van der Waals surface area (Å²) in [6.07, 6.45) is 1.29. The van der Waals surface area contributed by atoms with E-state index in [2.05, 4.69) is 14.5 Å². The molecule has 3 rings (SSSR count). The summed E-state index contributed by atoms with van der Waals surface area (Å²) in [6.45, 7) is 4.09. The predicted octanol–water partition coefficient (Wildman–Crippen LogP) is 2.82. The van der Waals surface area contributed by atoms with Gasteiger partial charge in [-0.25, -0.2) is 16.8 Å². The van der Waals surface area contributed by atoms with Crippen molar-refractivity contribution in [3.05, 3.63) is 60.4 Å². The number of hydrogen-bond acceptors (Lipinski definition) is 6. The Labute approximate surface area is 175 Å². The van der Waals surface area contributed by atoms with Crippen LogP contribution in [0.1, 0.15) is 12.6 Å². The molecule has 0 atom stereocenters. The average Bonchev–Trinajstić information content (AvgIpc) is 3.10. The van der Waals surface area contributed by atoms with E-state index in [9.17, 15) is 16.8 Å². The maximum Gasteiger partial charge on any atom is 0.265 e. The molecule has 9 nitrogen and oxygen atoms in total. The summed E-state index contributed by atoms with van der Waals surface area (Å²) in [5.74, 6) is 0.606. The lowest BCUT2D eigenvalue weighted by Gasteiger charge is -2.11. The van der Waals surface area contributed by atoms with Crippen molar-refractivity contribution in [2.45, 2.75) is 30.2 Å². The third kappa shape index (κ3) is 4.57. The number of nitrogens with zero attached hydrogens (tertiary/aromatic N) is 2. The third-order valence-electron chi connectivity index (χ3n) is 4.41. The van der Waals surface area contributed by atoms with Crippen molar-refractivity contribution in [3.8, 4) is 5.75 Å². The maximum atomic E-state index is 12.6. The summed E-state index contributed by atoms with van der Waals surface area (Å²) < 4.78 is 61.9. The lowest BCUT2D eigenvalue weighted by atomic mass is 10.3. The first-order chi connectivity index (χ1) is 14.2. The molecule has 0 aliphatic heterocycles. The minimum Gasteiger partial charge on any atom is -0.497 e. The second-order valence-corrected chi connectivity index (χ2v) is 9.71. The molecule has 3 aromatic rings. The molecule has 0 fully saturated rings. The predicted molar refractivity (Wildman–Crippen MR) is 114 cm³/mol. The number of benzene rings is 2. The molecule has 0 spiro atoms. The Bertz CT molecular complexity index is 1230. The molecule has 1 heterocycles. The molecule has 0 aliphatic carbocycles. The van der Waals surface area contributed by atoms with Gasteiger partial charge in [0.05, 0.1) is 23.9 Å². The Kier molecular flexibility index (Phi) is 6.04. The van der Waals surface area contributed by atoms with Gasteiger partial charge < -0.3 is 4.74 Å². The lowest BCUT2D eigenvalue weighted by Crippen LogP contribution is -2.15. The standard InChI is InChI=1S/C19H22N4O5S2/c1-4-23-14(2)19(13-20-23)30(26,27)22-16-7-11-18(12-8-16)29(24,25)21-15-5-9-17(28-3)10-6-15/h5-13,21-22H,4H2,1-3H3. The molecule has 0 radical (unpaired) electrons. The smallest absolute Gasteiger partial charge is 0.265 e. The van der Waals surface area contributed by atoms with Crippen molar-refractivity contribution in [2.75, 3.05) is 16.6 Å². The molecule has 0 amide bonds. The van der Waals surface area contributed by atoms with Gasteiger partial charge in [-0.3, -0.25) is 14.1 Å². The van der Waals surface area contributed by atoms with E-state index in [-0.39, 0.29) is 15.5 Å². The van der Waals surface area contributed by atoms with Gasteiger partial charge in [0.15, 0.2) is 0 Å². The van der Waals surface area contributed by atoms with Crippen LogP contribution in [0.5, 0.6) is 5.75 Å². The number of aryl methyl sites for hydroxylation is 1. The van der Waals surface area contributed by atoms with Gasteiger partial charge in [0.2, 0.25) is 0 Å². The van der Waals surface area contributed by atoms with Crippen molar-refractivity contribution < 1.29 is 21.6 Å². The van der Waals surface area contributed by atoms with E-state index in [0.717, 1.165) is 0 Å². The summed E-state index contributed by atoms with van der Waals surface area (Å²) in [6, 6.07) is 11.9. The second kappa shape index (κ2) is 8.36. The molecule has 0 aliphatic rings. The zero-order chi connectivity index (χ0) is 21.9. The number of sulfonamides is 2. The number of aromatic nitrogens is 2. The fourth-order valence-corrected chi connectivity index (χ4v) is 5.09. The number of nitrogens with one attached hydrogen (secondary N) is 2. The van der Waals surface area contributed by atoms with Gasteiger partial charge in [-0.15, -0.1) is 0 Å². The first-order valence-electron chi connectivity index (χ1n) is 8.98. The van der Waals surface area contributed by atoms with Crippen molar-refractivity contribution >= 4 is 31.4 Å². The largest absolute Gasteiger partial charge is 0.497 e. The van der Waals surface area contributed by atoms with Gasteiger partial charge in [0.25, 0.3) is 20.0 Å². The highest BCUT2D eigenvalue weighted by molar-refractivity contribution is 7.93. The normalized spacial score (nSPS) is 11.8. The van der Waals surface area contributed by atoms with Crippen LogP contribution in [-0.2, 0) is 26.6 Å². The van der Waals surface area contributed by atoms with Crippen LogP contribution in [0.2, 0.25) is 0 Å². The summed E-state index contributed by atoms with van der Waals surface area (Å²) in [4.78, 5) is 0.0680. The topological polar surface area (TPSA) is 119 Å². The molecule has 0 bridgehead atoms. The van der Waals surface area contributed by atoms with Crippen LogP contribution in [0, 0.1) is 6.92 Å². The second-order valence-electron chi connectivity index (χ2n) is 6.37. The quantitative estimate of drug-likeness (QED) is 0.545. The summed E-state index contributed by atoms with van der Waals surface area (Å²) in [5.41, 5.74) is 1.14. The Hall–Kier alpha value is -3.05.